The van der Waals surface area contributed by atoms with E-state index in [-0.39, 0.29) is 10.5 Å². The summed E-state index contributed by atoms with van der Waals surface area (Å²) in [5.74, 6) is -0.999. The molecule has 0 saturated carbocycles. The summed E-state index contributed by atoms with van der Waals surface area (Å²) in [6.45, 7) is 1.57. The molecule has 0 aromatic heterocycles. The molecule has 21 heavy (non-hydrogen) atoms. The predicted molar refractivity (Wildman–Crippen MR) is 76.9 cm³/mol. The van der Waals surface area contributed by atoms with Crippen LogP contribution in [0.1, 0.15) is 15.9 Å². The molecule has 0 saturated heterocycles. The van der Waals surface area contributed by atoms with Crippen LogP contribution in [0.15, 0.2) is 47.4 Å². The van der Waals surface area contributed by atoms with Crippen molar-refractivity contribution in [1.82, 2.24) is 0 Å². The molecule has 0 aliphatic carbocycles. The molecule has 0 unspecified atom stereocenters. The highest BCUT2D eigenvalue weighted by Crippen LogP contribution is 2.19. The maximum absolute atomic E-state index is 13.1. The second-order valence-electron chi connectivity index (χ2n) is 4.49. The summed E-state index contributed by atoms with van der Waals surface area (Å²) in [6, 6.07) is 9.47. The minimum absolute atomic E-state index is 0.00810. The number of benzene rings is 2. The summed E-state index contributed by atoms with van der Waals surface area (Å²) in [5, 5.41) is 7.62. The fraction of sp³-hybridized carbons (Fsp3) is 0.0714. The van der Waals surface area contributed by atoms with Crippen molar-refractivity contribution in [2.24, 2.45) is 5.14 Å². The van der Waals surface area contributed by atoms with Crippen molar-refractivity contribution in [3.8, 4) is 0 Å². The second-order valence-corrected chi connectivity index (χ2v) is 6.02. The highest BCUT2D eigenvalue weighted by atomic mass is 32.2. The number of carbonyl (C=O) groups excluding carboxylic acids is 1. The number of sulfonamides is 1. The highest BCUT2D eigenvalue weighted by Gasteiger charge is 2.13. The highest BCUT2D eigenvalue weighted by molar-refractivity contribution is 7.89. The minimum Gasteiger partial charge on any atom is -0.322 e. The molecule has 0 heterocycles. The van der Waals surface area contributed by atoms with Gasteiger partial charge in [-0.15, -0.1) is 0 Å². The van der Waals surface area contributed by atoms with Crippen LogP contribution in [0.3, 0.4) is 0 Å². The molecule has 0 atom stereocenters. The molecule has 2 rings (SSSR count). The number of aryl methyl sites for hydroxylation is 1. The SMILES string of the molecule is Cc1cc(NC(=O)c2cccc(F)c2)ccc1S(N)(=O)=O. The van der Waals surface area contributed by atoms with Crippen molar-refractivity contribution in [2.45, 2.75) is 11.8 Å². The Labute approximate surface area is 121 Å². The van der Waals surface area contributed by atoms with Crippen molar-refractivity contribution >= 4 is 21.6 Å². The van der Waals surface area contributed by atoms with Crippen LogP contribution in [0.4, 0.5) is 10.1 Å². The molecular formula is C14H13FN2O3S. The quantitative estimate of drug-likeness (QED) is 0.909. The van der Waals surface area contributed by atoms with Crippen LogP contribution in [0.2, 0.25) is 0 Å². The number of hydrogen-bond acceptors (Lipinski definition) is 3. The van der Waals surface area contributed by atoms with E-state index in [2.05, 4.69) is 5.32 Å². The average Bonchev–Trinajstić information content (AvgIpc) is 2.37. The number of primary sulfonamides is 1. The molecule has 2 aromatic carbocycles. The summed E-state index contributed by atoms with van der Waals surface area (Å²) in [6.07, 6.45) is 0. The van der Waals surface area contributed by atoms with Crippen LogP contribution < -0.4 is 10.5 Å². The molecule has 0 fully saturated rings. The summed E-state index contributed by atoms with van der Waals surface area (Å²) in [4.78, 5) is 11.9. The van der Waals surface area contributed by atoms with E-state index in [1.165, 1.54) is 36.4 Å². The summed E-state index contributed by atoms with van der Waals surface area (Å²) in [7, 11) is -3.80. The normalized spacial score (nSPS) is 11.2. The van der Waals surface area contributed by atoms with Gasteiger partial charge in [-0.3, -0.25) is 4.79 Å². The number of anilines is 1. The maximum atomic E-state index is 13.1. The lowest BCUT2D eigenvalue weighted by molar-refractivity contribution is 0.102. The van der Waals surface area contributed by atoms with E-state index in [1.807, 2.05) is 0 Å². The molecule has 0 aliphatic rings. The monoisotopic (exact) mass is 308 g/mol. The number of hydrogen-bond donors (Lipinski definition) is 2. The zero-order chi connectivity index (χ0) is 15.6. The van der Waals surface area contributed by atoms with E-state index >= 15 is 0 Å². The largest absolute Gasteiger partial charge is 0.322 e. The Morgan fingerprint density at radius 1 is 1.19 bits per heavy atom. The van der Waals surface area contributed by atoms with Gasteiger partial charge in [0.15, 0.2) is 0 Å². The summed E-state index contributed by atoms with van der Waals surface area (Å²) >= 11 is 0. The van der Waals surface area contributed by atoms with Gasteiger partial charge in [0.2, 0.25) is 10.0 Å². The smallest absolute Gasteiger partial charge is 0.255 e. The third kappa shape index (κ3) is 3.65. The van der Waals surface area contributed by atoms with Gasteiger partial charge in [0, 0.05) is 11.3 Å². The molecule has 5 nitrogen and oxygen atoms in total. The Balaban J connectivity index is 2.25. The third-order valence-corrected chi connectivity index (χ3v) is 3.90. The lowest BCUT2D eigenvalue weighted by Gasteiger charge is -2.08. The number of amides is 1. The number of rotatable bonds is 3. The summed E-state index contributed by atoms with van der Waals surface area (Å²) < 4.78 is 35.6. The molecule has 2 aromatic rings. The Morgan fingerprint density at radius 2 is 1.90 bits per heavy atom. The Morgan fingerprint density at radius 3 is 2.48 bits per heavy atom. The zero-order valence-corrected chi connectivity index (χ0v) is 11.9. The predicted octanol–water partition coefficient (Wildman–Crippen LogP) is 2.03. The van der Waals surface area contributed by atoms with E-state index in [0.29, 0.717) is 11.3 Å². The van der Waals surface area contributed by atoms with Crippen LogP contribution in [0.5, 0.6) is 0 Å². The van der Waals surface area contributed by atoms with Gasteiger partial charge >= 0.3 is 0 Å². The average molecular weight is 308 g/mol. The second kappa shape index (κ2) is 5.63. The topological polar surface area (TPSA) is 89.3 Å². The van der Waals surface area contributed by atoms with Crippen molar-refractivity contribution in [1.29, 1.82) is 0 Å². The van der Waals surface area contributed by atoms with Gasteiger partial charge < -0.3 is 5.32 Å². The number of carbonyl (C=O) groups is 1. The van der Waals surface area contributed by atoms with Crippen LogP contribution in [-0.2, 0) is 10.0 Å². The van der Waals surface area contributed by atoms with Crippen molar-refractivity contribution in [3.63, 3.8) is 0 Å². The Hall–Kier alpha value is -2.25. The first kappa shape index (κ1) is 15.1. The molecule has 3 N–H and O–H groups in total. The Bertz CT molecular complexity index is 804. The van der Waals surface area contributed by atoms with Crippen molar-refractivity contribution in [2.75, 3.05) is 5.32 Å². The van der Waals surface area contributed by atoms with Gasteiger partial charge in [-0.05, 0) is 48.9 Å². The molecule has 0 bridgehead atoms. The first-order valence-corrected chi connectivity index (χ1v) is 7.52. The van der Waals surface area contributed by atoms with Crippen LogP contribution in [0, 0.1) is 12.7 Å². The molecular weight excluding hydrogens is 295 g/mol. The van der Waals surface area contributed by atoms with Gasteiger partial charge in [0.25, 0.3) is 5.91 Å². The van der Waals surface area contributed by atoms with Gasteiger partial charge in [-0.25, -0.2) is 17.9 Å². The molecule has 0 spiro atoms. The Kier molecular flexibility index (Phi) is 4.06. The number of nitrogens with two attached hydrogens (primary N) is 1. The zero-order valence-electron chi connectivity index (χ0n) is 11.1. The molecule has 0 radical (unpaired) electrons. The van der Waals surface area contributed by atoms with Crippen LogP contribution in [0.25, 0.3) is 0 Å². The van der Waals surface area contributed by atoms with E-state index in [4.69, 9.17) is 5.14 Å². The van der Waals surface area contributed by atoms with E-state index in [9.17, 15) is 17.6 Å². The number of halogens is 1. The molecule has 1 amide bonds. The van der Waals surface area contributed by atoms with Crippen molar-refractivity contribution < 1.29 is 17.6 Å². The standard InChI is InChI=1S/C14H13FN2O3S/c1-9-7-12(5-6-13(9)21(16,19)20)17-14(18)10-3-2-4-11(15)8-10/h2-8H,1H3,(H,17,18)(H2,16,19,20). The molecule has 110 valence electrons. The molecule has 0 aliphatic heterocycles. The van der Waals surface area contributed by atoms with E-state index < -0.39 is 21.7 Å². The summed E-state index contributed by atoms with van der Waals surface area (Å²) in [5.41, 5.74) is 0.979. The van der Waals surface area contributed by atoms with Gasteiger partial charge in [-0.2, -0.15) is 0 Å². The van der Waals surface area contributed by atoms with Gasteiger partial charge in [0.05, 0.1) is 4.90 Å². The van der Waals surface area contributed by atoms with Crippen LogP contribution in [-0.4, -0.2) is 14.3 Å². The third-order valence-electron chi connectivity index (χ3n) is 2.83. The number of nitrogens with one attached hydrogen (secondary N) is 1. The van der Waals surface area contributed by atoms with Crippen LogP contribution >= 0.6 is 0 Å². The fourth-order valence-electron chi connectivity index (χ4n) is 1.88. The van der Waals surface area contributed by atoms with E-state index in [0.717, 1.165) is 6.07 Å². The van der Waals surface area contributed by atoms with E-state index in [1.54, 1.807) is 6.92 Å². The molecule has 7 heteroatoms. The van der Waals surface area contributed by atoms with Gasteiger partial charge in [-0.1, -0.05) is 6.07 Å². The fourth-order valence-corrected chi connectivity index (χ4v) is 2.64. The minimum atomic E-state index is -3.80. The lowest BCUT2D eigenvalue weighted by Crippen LogP contribution is -2.15. The van der Waals surface area contributed by atoms with Crippen molar-refractivity contribution in [3.05, 3.63) is 59.4 Å². The first-order chi connectivity index (χ1) is 9.77. The first-order valence-electron chi connectivity index (χ1n) is 5.98. The lowest BCUT2D eigenvalue weighted by atomic mass is 10.2. The van der Waals surface area contributed by atoms with Gasteiger partial charge in [0.1, 0.15) is 5.82 Å². The maximum Gasteiger partial charge on any atom is 0.255 e.